The maximum Gasteiger partial charge on any atom is 0.408 e. The standard InChI is InChI=1S/C26H43N3O4S/c1-9-10-11-13-27-23(30)22(20-16-18(2)15-19(3)17-20)29(7)24(31)21(12-14-34-8)28-25(32)33-26(4,5)6/h15-17,21-22H,9-14H2,1-8H3,(H,27,30)(H,28,32). The molecule has 2 N–H and O–H groups in total. The summed E-state index contributed by atoms with van der Waals surface area (Å²) in [6.45, 7) is 11.9. The number of hydrogen-bond donors (Lipinski definition) is 2. The highest BCUT2D eigenvalue weighted by Gasteiger charge is 2.34. The second-order valence-corrected chi connectivity index (χ2v) is 10.7. The molecule has 0 aliphatic rings. The first kappa shape index (κ1) is 29.8. The van der Waals surface area contributed by atoms with E-state index < -0.39 is 23.8 Å². The number of carbonyl (C=O) groups is 3. The Morgan fingerprint density at radius 2 is 1.71 bits per heavy atom. The minimum Gasteiger partial charge on any atom is -0.444 e. The zero-order valence-electron chi connectivity index (χ0n) is 22.1. The normalized spacial score (nSPS) is 13.1. The van der Waals surface area contributed by atoms with Crippen molar-refractivity contribution in [3.63, 3.8) is 0 Å². The number of aryl methyl sites for hydroxylation is 2. The molecule has 0 bridgehead atoms. The summed E-state index contributed by atoms with van der Waals surface area (Å²) < 4.78 is 5.37. The number of unbranched alkanes of at least 4 members (excludes halogenated alkanes) is 2. The fourth-order valence-corrected chi connectivity index (χ4v) is 4.19. The zero-order valence-corrected chi connectivity index (χ0v) is 22.9. The van der Waals surface area contributed by atoms with Crippen molar-refractivity contribution in [1.82, 2.24) is 15.5 Å². The molecular formula is C26H43N3O4S. The first-order chi connectivity index (χ1) is 15.9. The first-order valence-corrected chi connectivity index (χ1v) is 13.4. The maximum atomic E-state index is 13.6. The van der Waals surface area contributed by atoms with Crippen LogP contribution in [0.5, 0.6) is 0 Å². The third kappa shape index (κ3) is 10.4. The van der Waals surface area contributed by atoms with E-state index in [1.807, 2.05) is 38.3 Å². The molecule has 2 unspecified atom stereocenters. The van der Waals surface area contributed by atoms with Gasteiger partial charge in [0.2, 0.25) is 11.8 Å². The zero-order chi connectivity index (χ0) is 25.9. The Balaban J connectivity index is 3.21. The van der Waals surface area contributed by atoms with Gasteiger partial charge in [0, 0.05) is 13.6 Å². The second kappa shape index (κ2) is 14.2. The number of benzene rings is 1. The number of rotatable bonds is 12. The van der Waals surface area contributed by atoms with Crippen molar-refractivity contribution >= 4 is 29.7 Å². The van der Waals surface area contributed by atoms with Crippen molar-refractivity contribution < 1.29 is 19.1 Å². The molecule has 0 aliphatic heterocycles. The lowest BCUT2D eigenvalue weighted by Gasteiger charge is -2.32. The van der Waals surface area contributed by atoms with Crippen molar-refractivity contribution in [2.24, 2.45) is 0 Å². The Kier molecular flexibility index (Phi) is 12.5. The van der Waals surface area contributed by atoms with E-state index in [4.69, 9.17) is 4.74 Å². The SMILES string of the molecule is CCCCCNC(=O)C(c1cc(C)cc(C)c1)N(C)C(=O)C(CCSC)NC(=O)OC(C)(C)C. The Bertz CT molecular complexity index is 803. The lowest BCUT2D eigenvalue weighted by molar-refractivity contribution is -0.140. The maximum absolute atomic E-state index is 13.6. The van der Waals surface area contributed by atoms with Gasteiger partial charge in [0.05, 0.1) is 0 Å². The lowest BCUT2D eigenvalue weighted by Crippen LogP contribution is -2.52. The molecule has 0 aromatic heterocycles. The molecule has 34 heavy (non-hydrogen) atoms. The van der Waals surface area contributed by atoms with E-state index in [1.54, 1.807) is 39.6 Å². The van der Waals surface area contributed by atoms with Crippen molar-refractivity contribution in [3.05, 3.63) is 34.9 Å². The van der Waals surface area contributed by atoms with Gasteiger partial charge in [0.15, 0.2) is 0 Å². The van der Waals surface area contributed by atoms with E-state index in [-0.39, 0.29) is 11.8 Å². The van der Waals surface area contributed by atoms with Gasteiger partial charge in [-0.05, 0) is 65.0 Å². The second-order valence-electron chi connectivity index (χ2n) is 9.75. The molecule has 8 heteroatoms. The summed E-state index contributed by atoms with van der Waals surface area (Å²) in [7, 11) is 1.62. The lowest BCUT2D eigenvalue weighted by atomic mass is 9.98. The minimum atomic E-state index is -0.801. The molecule has 0 fully saturated rings. The highest BCUT2D eigenvalue weighted by atomic mass is 32.2. The Morgan fingerprint density at radius 3 is 2.24 bits per heavy atom. The Hall–Kier alpha value is -2.22. The van der Waals surface area contributed by atoms with Gasteiger partial charge in [-0.2, -0.15) is 11.8 Å². The number of nitrogens with one attached hydrogen (secondary N) is 2. The van der Waals surface area contributed by atoms with Crippen LogP contribution in [0.25, 0.3) is 0 Å². The third-order valence-corrected chi connectivity index (χ3v) is 5.87. The van der Waals surface area contributed by atoms with Gasteiger partial charge in [-0.15, -0.1) is 0 Å². The van der Waals surface area contributed by atoms with E-state index in [0.717, 1.165) is 36.0 Å². The number of carbonyl (C=O) groups excluding carboxylic acids is 3. The quantitative estimate of drug-likeness (QED) is 0.410. The molecule has 1 aromatic carbocycles. The van der Waals surface area contributed by atoms with Crippen LogP contribution in [-0.2, 0) is 14.3 Å². The summed E-state index contributed by atoms with van der Waals surface area (Å²) in [5.74, 6) is 0.128. The van der Waals surface area contributed by atoms with Crippen LogP contribution in [-0.4, -0.2) is 60.1 Å². The number of amides is 3. The number of ether oxygens (including phenoxy) is 1. The van der Waals surface area contributed by atoms with Crippen molar-refractivity contribution in [3.8, 4) is 0 Å². The Labute approximate surface area is 209 Å². The van der Waals surface area contributed by atoms with Gasteiger partial charge < -0.3 is 20.3 Å². The van der Waals surface area contributed by atoms with Gasteiger partial charge in [0.1, 0.15) is 17.7 Å². The molecule has 0 radical (unpaired) electrons. The average Bonchev–Trinajstić information content (AvgIpc) is 2.71. The molecular weight excluding hydrogens is 450 g/mol. The summed E-state index contributed by atoms with van der Waals surface area (Å²) in [5, 5.41) is 5.72. The number of thioether (sulfide) groups is 1. The molecule has 2 atom stereocenters. The molecule has 3 amide bonds. The highest BCUT2D eigenvalue weighted by molar-refractivity contribution is 7.98. The number of alkyl carbamates (subject to hydrolysis) is 1. The summed E-state index contributed by atoms with van der Waals surface area (Å²) in [5.41, 5.74) is 2.11. The average molecular weight is 494 g/mol. The fourth-order valence-electron chi connectivity index (χ4n) is 3.72. The van der Waals surface area contributed by atoms with E-state index >= 15 is 0 Å². The van der Waals surface area contributed by atoms with Crippen LogP contribution in [0.2, 0.25) is 0 Å². The van der Waals surface area contributed by atoms with Crippen LogP contribution in [0.15, 0.2) is 18.2 Å². The van der Waals surface area contributed by atoms with Crippen LogP contribution in [0.3, 0.4) is 0 Å². The van der Waals surface area contributed by atoms with Gasteiger partial charge in [-0.25, -0.2) is 4.79 Å². The summed E-state index contributed by atoms with van der Waals surface area (Å²) in [6, 6.07) is 4.31. The fraction of sp³-hybridized carbons (Fsp3) is 0.654. The van der Waals surface area contributed by atoms with Gasteiger partial charge in [0.25, 0.3) is 0 Å². The summed E-state index contributed by atoms with van der Waals surface area (Å²) >= 11 is 1.59. The predicted molar refractivity (Wildman–Crippen MR) is 140 cm³/mol. The topological polar surface area (TPSA) is 87.7 Å². The molecule has 1 rings (SSSR count). The molecule has 192 valence electrons. The van der Waals surface area contributed by atoms with E-state index in [0.29, 0.717) is 18.7 Å². The largest absolute Gasteiger partial charge is 0.444 e. The molecule has 0 spiro atoms. The van der Waals surface area contributed by atoms with Crippen molar-refractivity contribution in [2.75, 3.05) is 25.6 Å². The van der Waals surface area contributed by atoms with Crippen molar-refractivity contribution in [2.45, 2.75) is 84.9 Å². The monoisotopic (exact) mass is 493 g/mol. The first-order valence-electron chi connectivity index (χ1n) is 12.0. The minimum absolute atomic E-state index is 0.224. The van der Waals surface area contributed by atoms with Gasteiger partial charge in [-0.1, -0.05) is 49.1 Å². The smallest absolute Gasteiger partial charge is 0.408 e. The number of likely N-dealkylation sites (N-methyl/N-ethyl adjacent to an activating group) is 1. The van der Waals surface area contributed by atoms with Crippen LogP contribution >= 0.6 is 11.8 Å². The predicted octanol–water partition coefficient (Wildman–Crippen LogP) is 4.76. The van der Waals surface area contributed by atoms with Crippen LogP contribution in [0, 0.1) is 13.8 Å². The third-order valence-electron chi connectivity index (χ3n) is 5.22. The highest BCUT2D eigenvalue weighted by Crippen LogP contribution is 2.24. The molecule has 0 aliphatic carbocycles. The summed E-state index contributed by atoms with van der Waals surface area (Å²) in [4.78, 5) is 40.8. The molecule has 0 saturated heterocycles. The molecule has 0 saturated carbocycles. The number of hydrogen-bond acceptors (Lipinski definition) is 5. The van der Waals surface area contributed by atoms with Gasteiger partial charge >= 0.3 is 6.09 Å². The van der Waals surface area contributed by atoms with E-state index in [2.05, 4.69) is 17.6 Å². The van der Waals surface area contributed by atoms with Gasteiger partial charge in [-0.3, -0.25) is 9.59 Å². The van der Waals surface area contributed by atoms with Crippen LogP contribution in [0.1, 0.15) is 76.1 Å². The number of nitrogens with zero attached hydrogens (tertiary/aromatic N) is 1. The van der Waals surface area contributed by atoms with E-state index in [9.17, 15) is 14.4 Å². The van der Waals surface area contributed by atoms with Crippen LogP contribution in [0.4, 0.5) is 4.79 Å². The molecule has 7 nitrogen and oxygen atoms in total. The molecule has 1 aromatic rings. The summed E-state index contributed by atoms with van der Waals surface area (Å²) in [6.07, 6.45) is 4.70. The molecule has 0 heterocycles. The van der Waals surface area contributed by atoms with Crippen molar-refractivity contribution in [1.29, 1.82) is 0 Å². The van der Waals surface area contributed by atoms with Crippen LogP contribution < -0.4 is 10.6 Å². The Morgan fingerprint density at radius 1 is 1.09 bits per heavy atom. The van der Waals surface area contributed by atoms with E-state index in [1.165, 1.54) is 4.90 Å².